The average molecular weight is 285 g/mol. The Bertz CT molecular complexity index is 632. The minimum atomic E-state index is 0.264. The summed E-state index contributed by atoms with van der Waals surface area (Å²) in [4.78, 5) is 11.5. The quantitative estimate of drug-likeness (QED) is 0.900. The summed E-state index contributed by atoms with van der Waals surface area (Å²) in [5.41, 5.74) is 7.24. The van der Waals surface area contributed by atoms with Gasteiger partial charge in [-0.2, -0.15) is 0 Å². The lowest BCUT2D eigenvalue weighted by Gasteiger charge is -2.39. The largest absolute Gasteiger partial charge is 0.383 e. The van der Waals surface area contributed by atoms with Gasteiger partial charge in [0.2, 0.25) is 0 Å². The Labute approximate surface area is 125 Å². The van der Waals surface area contributed by atoms with Gasteiger partial charge in [-0.25, -0.2) is 9.97 Å². The van der Waals surface area contributed by atoms with Crippen molar-refractivity contribution in [3.05, 3.63) is 30.1 Å². The van der Waals surface area contributed by atoms with Crippen molar-refractivity contribution in [3.8, 4) is 0 Å². The van der Waals surface area contributed by atoms with Gasteiger partial charge >= 0.3 is 0 Å². The maximum Gasteiger partial charge on any atom is 0.145 e. The predicted molar refractivity (Wildman–Crippen MR) is 85.9 cm³/mol. The molecule has 1 aromatic heterocycles. The van der Waals surface area contributed by atoms with E-state index in [1.165, 1.54) is 0 Å². The average Bonchev–Trinajstić information content (AvgIpc) is 2.50. The number of benzene rings is 1. The SMILES string of the molecule is CNC1(C)CCN(Cc2nc(N)c3ccccc3n2)CC1. The van der Waals surface area contributed by atoms with Crippen LogP contribution in [0.4, 0.5) is 5.82 Å². The Kier molecular flexibility index (Phi) is 3.78. The number of fused-ring (bicyclic) bond motifs is 1. The number of aromatic nitrogens is 2. The van der Waals surface area contributed by atoms with E-state index < -0.39 is 0 Å². The van der Waals surface area contributed by atoms with Crippen LogP contribution in [-0.2, 0) is 6.54 Å². The van der Waals surface area contributed by atoms with Gasteiger partial charge in [0.05, 0.1) is 12.1 Å². The molecule has 1 aromatic carbocycles. The highest BCUT2D eigenvalue weighted by molar-refractivity contribution is 5.87. The zero-order valence-corrected chi connectivity index (χ0v) is 12.8. The van der Waals surface area contributed by atoms with E-state index >= 15 is 0 Å². The van der Waals surface area contributed by atoms with Crippen LogP contribution in [0.2, 0.25) is 0 Å². The maximum absolute atomic E-state index is 6.05. The van der Waals surface area contributed by atoms with Crippen LogP contribution in [0.1, 0.15) is 25.6 Å². The third kappa shape index (κ3) is 2.99. The highest BCUT2D eigenvalue weighted by atomic mass is 15.2. The summed E-state index contributed by atoms with van der Waals surface area (Å²) in [5, 5.41) is 4.35. The van der Waals surface area contributed by atoms with Crippen molar-refractivity contribution in [2.45, 2.75) is 31.8 Å². The molecule has 0 aliphatic carbocycles. The molecule has 1 aliphatic rings. The van der Waals surface area contributed by atoms with Gasteiger partial charge in [0, 0.05) is 24.0 Å². The van der Waals surface area contributed by atoms with Crippen molar-refractivity contribution < 1.29 is 0 Å². The minimum Gasteiger partial charge on any atom is -0.383 e. The van der Waals surface area contributed by atoms with E-state index in [-0.39, 0.29) is 5.54 Å². The maximum atomic E-state index is 6.05. The second-order valence-electron chi connectivity index (χ2n) is 6.13. The summed E-state index contributed by atoms with van der Waals surface area (Å²) in [5.74, 6) is 1.40. The molecule has 2 aromatic rings. The summed E-state index contributed by atoms with van der Waals surface area (Å²) in [6.45, 7) is 5.19. The third-order valence-electron chi connectivity index (χ3n) is 4.61. The fourth-order valence-corrected chi connectivity index (χ4v) is 2.88. The Morgan fingerprint density at radius 2 is 1.95 bits per heavy atom. The van der Waals surface area contributed by atoms with Crippen molar-refractivity contribution in [3.63, 3.8) is 0 Å². The van der Waals surface area contributed by atoms with E-state index in [0.717, 1.165) is 49.2 Å². The monoisotopic (exact) mass is 285 g/mol. The molecular weight excluding hydrogens is 262 g/mol. The molecule has 2 heterocycles. The van der Waals surface area contributed by atoms with Crippen LogP contribution in [0.3, 0.4) is 0 Å². The second kappa shape index (κ2) is 5.58. The normalized spacial score (nSPS) is 19.0. The van der Waals surface area contributed by atoms with Crippen molar-refractivity contribution in [2.24, 2.45) is 0 Å². The van der Waals surface area contributed by atoms with E-state index in [1.54, 1.807) is 0 Å². The van der Waals surface area contributed by atoms with Crippen LogP contribution in [0.15, 0.2) is 24.3 Å². The number of hydrogen-bond acceptors (Lipinski definition) is 5. The molecule has 3 rings (SSSR count). The van der Waals surface area contributed by atoms with Crippen molar-refractivity contribution in [2.75, 3.05) is 25.9 Å². The van der Waals surface area contributed by atoms with E-state index in [9.17, 15) is 0 Å². The number of rotatable bonds is 3. The first kappa shape index (κ1) is 14.2. The molecule has 0 bridgehead atoms. The van der Waals surface area contributed by atoms with Gasteiger partial charge in [-0.15, -0.1) is 0 Å². The van der Waals surface area contributed by atoms with E-state index in [2.05, 4.69) is 27.1 Å². The van der Waals surface area contributed by atoms with Crippen molar-refractivity contribution >= 4 is 16.7 Å². The zero-order chi connectivity index (χ0) is 14.9. The number of nitrogens with two attached hydrogens (primary N) is 1. The molecule has 5 nitrogen and oxygen atoms in total. The smallest absolute Gasteiger partial charge is 0.145 e. The highest BCUT2D eigenvalue weighted by Gasteiger charge is 2.28. The molecule has 0 spiro atoms. The van der Waals surface area contributed by atoms with Gasteiger partial charge in [-0.1, -0.05) is 12.1 Å². The van der Waals surface area contributed by atoms with Gasteiger partial charge in [-0.05, 0) is 38.9 Å². The molecular formula is C16H23N5. The minimum absolute atomic E-state index is 0.264. The van der Waals surface area contributed by atoms with Crippen LogP contribution in [-0.4, -0.2) is 40.5 Å². The van der Waals surface area contributed by atoms with E-state index in [1.807, 2.05) is 31.3 Å². The molecule has 0 amide bonds. The van der Waals surface area contributed by atoms with Crippen LogP contribution < -0.4 is 11.1 Å². The Morgan fingerprint density at radius 1 is 1.24 bits per heavy atom. The van der Waals surface area contributed by atoms with E-state index in [4.69, 9.17) is 5.73 Å². The van der Waals surface area contributed by atoms with Crippen LogP contribution >= 0.6 is 0 Å². The number of likely N-dealkylation sites (tertiary alicyclic amines) is 1. The molecule has 5 heteroatoms. The number of hydrogen-bond donors (Lipinski definition) is 2. The molecule has 0 saturated carbocycles. The number of nitrogens with zero attached hydrogens (tertiary/aromatic N) is 3. The topological polar surface area (TPSA) is 67.1 Å². The fourth-order valence-electron chi connectivity index (χ4n) is 2.88. The van der Waals surface area contributed by atoms with Crippen molar-refractivity contribution in [1.82, 2.24) is 20.2 Å². The number of nitrogen functional groups attached to an aromatic ring is 1. The first-order valence-electron chi connectivity index (χ1n) is 7.52. The third-order valence-corrected chi connectivity index (χ3v) is 4.61. The highest BCUT2D eigenvalue weighted by Crippen LogP contribution is 2.23. The summed E-state index contributed by atoms with van der Waals surface area (Å²) in [7, 11) is 2.04. The van der Waals surface area contributed by atoms with Gasteiger partial charge in [0.25, 0.3) is 0 Å². The summed E-state index contributed by atoms with van der Waals surface area (Å²) >= 11 is 0. The molecule has 112 valence electrons. The Morgan fingerprint density at radius 3 is 2.67 bits per heavy atom. The number of nitrogens with one attached hydrogen (secondary N) is 1. The summed E-state index contributed by atoms with van der Waals surface area (Å²) in [6.07, 6.45) is 2.29. The molecule has 1 saturated heterocycles. The lowest BCUT2D eigenvalue weighted by atomic mass is 9.90. The van der Waals surface area contributed by atoms with Gasteiger partial charge in [-0.3, -0.25) is 4.90 Å². The van der Waals surface area contributed by atoms with Gasteiger partial charge < -0.3 is 11.1 Å². The predicted octanol–water partition coefficient (Wildman–Crippen LogP) is 1.79. The standard InChI is InChI=1S/C16H23N5/c1-16(18-2)7-9-21(10-8-16)11-14-19-13-6-4-3-5-12(13)15(17)20-14/h3-6,18H,7-11H2,1-2H3,(H2,17,19,20). The molecule has 1 fully saturated rings. The number of anilines is 1. The zero-order valence-electron chi connectivity index (χ0n) is 12.8. The molecule has 0 atom stereocenters. The second-order valence-corrected chi connectivity index (χ2v) is 6.13. The molecule has 0 radical (unpaired) electrons. The molecule has 0 unspecified atom stereocenters. The van der Waals surface area contributed by atoms with Gasteiger partial charge in [0.1, 0.15) is 11.6 Å². The summed E-state index contributed by atoms with van der Waals surface area (Å²) < 4.78 is 0. The number of para-hydroxylation sites is 1. The first-order valence-corrected chi connectivity index (χ1v) is 7.52. The Balaban J connectivity index is 1.74. The number of piperidine rings is 1. The van der Waals surface area contributed by atoms with Crippen LogP contribution in [0.25, 0.3) is 10.9 Å². The van der Waals surface area contributed by atoms with Gasteiger partial charge in [0.15, 0.2) is 0 Å². The van der Waals surface area contributed by atoms with Crippen molar-refractivity contribution in [1.29, 1.82) is 0 Å². The van der Waals surface area contributed by atoms with E-state index in [0.29, 0.717) is 5.82 Å². The molecule has 1 aliphatic heterocycles. The lowest BCUT2D eigenvalue weighted by molar-refractivity contribution is 0.144. The fraction of sp³-hybridized carbons (Fsp3) is 0.500. The molecule has 3 N–H and O–H groups in total. The summed E-state index contributed by atoms with van der Waals surface area (Å²) in [6, 6.07) is 7.90. The van der Waals surface area contributed by atoms with Crippen LogP contribution in [0, 0.1) is 0 Å². The van der Waals surface area contributed by atoms with Crippen LogP contribution in [0.5, 0.6) is 0 Å². The first-order chi connectivity index (χ1) is 10.1. The lowest BCUT2D eigenvalue weighted by Crippen LogP contribution is -2.49. The molecule has 21 heavy (non-hydrogen) atoms. The Hall–Kier alpha value is -1.72.